The van der Waals surface area contributed by atoms with Crippen molar-refractivity contribution in [2.45, 2.75) is 216 Å². The summed E-state index contributed by atoms with van der Waals surface area (Å²) < 4.78 is 0. The number of guanidine groups is 1. The average molecular weight is 1870 g/mol. The van der Waals surface area contributed by atoms with E-state index in [1.807, 2.05) is 27.7 Å². The Balaban J connectivity index is 1.10. The number of aromatic nitrogens is 4. The van der Waals surface area contributed by atoms with Crippen LogP contribution < -0.4 is 75.7 Å². The highest BCUT2D eigenvalue weighted by atomic mass is 32.2. The molecular weight excluding hydrogens is 1740 g/mol. The van der Waals surface area contributed by atoms with Crippen molar-refractivity contribution in [3.8, 4) is 0 Å². The van der Waals surface area contributed by atoms with Crippen LogP contribution in [0.2, 0.25) is 0 Å². The molecule has 22 N–H and O–H groups in total. The maximum absolute atomic E-state index is 15.7. The number of carbonyl (C=O) groups is 17. The van der Waals surface area contributed by atoms with Crippen LogP contribution in [0.25, 0.3) is 21.8 Å². The van der Waals surface area contributed by atoms with E-state index in [2.05, 4.69) is 78.4 Å². The van der Waals surface area contributed by atoms with Crippen molar-refractivity contribution in [3.63, 3.8) is 0 Å². The average Bonchev–Trinajstić information content (AvgIpc) is 1.75. The van der Waals surface area contributed by atoms with Crippen LogP contribution >= 0.6 is 11.8 Å². The van der Waals surface area contributed by atoms with Gasteiger partial charge in [0.1, 0.15) is 72.7 Å². The highest BCUT2D eigenvalue weighted by molar-refractivity contribution is 8.00. The van der Waals surface area contributed by atoms with Gasteiger partial charge in [0.15, 0.2) is 5.96 Å². The standard InChI is InChI=1S/C90H130N24O18S/c1-11-13-32-72(84(127)104-63(31-22-34-97-90(93)94)80(123)109-71(79(122)100-45-75(92)118)49-133-50-77(120)103-67(37-54-24-16-15-17-25-54)86(129)111(8)53(5)78(121)105-69(41-74(91)117)88(131)114-35-23-26-58(114)47-115)112(9)89(132)73(33-14-12-2)113(10)87(130)68(39-56-43-99-62-30-21-19-28-60(56)62)107-83(126)70(48-116)108-82(125)65(38-55-42-98-61-29-20-18-27-59(55)61)102-76(119)46-110(7)85(128)66(36-52(3)4)106-81(124)64(95-6)40-57-44-96-51-101-57/h15-21,24-25,27-30,42-44,47,51-53,58,63-73,95,98-99,116H,11-14,22-23,26,31-41,45-46,48-50H2,1-10H3,(H2,91,117)(H2,92,118)(H,96,101)(H,100,122)(H,102,119)(H,103,120)(H,104,127)(H,105,121)(H,106,124)(H,107,126)(H,108,125)(H,109,123)(H4,93,94,97)/t53-,58?,63-,64-,65-,66-,67-,68-,69-,70-,71-,72-,73-/m0/s1. The summed E-state index contributed by atoms with van der Waals surface area (Å²) in [7, 11) is 6.98. The number of hydrogen-bond acceptors (Lipinski definition) is 22. The molecule has 0 aliphatic carbocycles. The Morgan fingerprint density at radius 2 is 1.10 bits per heavy atom. The van der Waals surface area contributed by atoms with E-state index in [9.17, 15) is 72.2 Å². The van der Waals surface area contributed by atoms with Crippen LogP contribution in [0, 0.1) is 11.3 Å². The minimum Gasteiger partial charge on any atom is -0.394 e. The lowest BCUT2D eigenvalue weighted by Gasteiger charge is -2.36. The molecule has 3 aromatic heterocycles. The fraction of sp³-hybridized carbons (Fsp3) is 0.522. The van der Waals surface area contributed by atoms with Gasteiger partial charge >= 0.3 is 0 Å². The molecule has 7 rings (SSSR count). The summed E-state index contributed by atoms with van der Waals surface area (Å²) in [5, 5.41) is 49.7. The number of carbonyl (C=O) groups excluding carboxylic acids is 17. The molecule has 42 nitrogen and oxygen atoms in total. The summed E-state index contributed by atoms with van der Waals surface area (Å²) in [6, 6.07) is 5.36. The van der Waals surface area contributed by atoms with E-state index in [1.54, 1.807) is 105 Å². The molecule has 13 atom stereocenters. The first kappa shape index (κ1) is 107. The number of unbranched alkanes of at least 4 members (excludes halogenated alkanes) is 2. The van der Waals surface area contributed by atoms with Crippen LogP contribution in [-0.2, 0) is 107 Å². The normalized spacial score (nSPS) is 15.1. The molecule has 0 saturated carbocycles. The Morgan fingerprint density at radius 3 is 1.68 bits per heavy atom. The number of hydrogen-bond donors (Lipinski definition) is 19. The molecule has 0 radical (unpaired) electrons. The summed E-state index contributed by atoms with van der Waals surface area (Å²) in [5.41, 5.74) is 20.3. The summed E-state index contributed by atoms with van der Waals surface area (Å²) >= 11 is 0.808. The van der Waals surface area contributed by atoms with E-state index in [0.29, 0.717) is 89.0 Å². The van der Waals surface area contributed by atoms with Crippen molar-refractivity contribution in [2.24, 2.45) is 23.1 Å². The van der Waals surface area contributed by atoms with Gasteiger partial charge in [0, 0.05) is 119 Å². The number of nitrogens with zero attached hydrogens (tertiary/aromatic N) is 6. The predicted molar refractivity (Wildman–Crippen MR) is 497 cm³/mol. The number of amides is 16. The summed E-state index contributed by atoms with van der Waals surface area (Å²) in [5.74, 6) is -14.6. The molecule has 1 saturated heterocycles. The minimum atomic E-state index is -1.81. The third-order valence-electron chi connectivity index (χ3n) is 23.1. The summed E-state index contributed by atoms with van der Waals surface area (Å²) in [6.45, 7) is 6.64. The number of nitrogens with one attached hydrogen (secondary N) is 15. The number of para-hydroxylation sites is 2. The molecule has 0 spiro atoms. The Bertz CT molecular complexity index is 4990. The largest absolute Gasteiger partial charge is 0.394 e. The number of aliphatic hydroxyl groups is 1. The number of rotatable bonds is 56. The van der Waals surface area contributed by atoms with Crippen molar-refractivity contribution < 1.29 is 86.6 Å². The zero-order chi connectivity index (χ0) is 97.7. The zero-order valence-electron chi connectivity index (χ0n) is 76.9. The molecule has 43 heteroatoms. The van der Waals surface area contributed by atoms with E-state index in [-0.39, 0.29) is 76.8 Å². The van der Waals surface area contributed by atoms with Gasteiger partial charge in [-0.25, -0.2) is 4.98 Å². The maximum atomic E-state index is 15.7. The van der Waals surface area contributed by atoms with Crippen molar-refractivity contribution >= 4 is 140 Å². The third-order valence-corrected chi connectivity index (χ3v) is 24.1. The lowest BCUT2D eigenvalue weighted by molar-refractivity contribution is -0.149. The van der Waals surface area contributed by atoms with Gasteiger partial charge in [-0.1, -0.05) is 120 Å². The lowest BCUT2D eigenvalue weighted by Crippen LogP contribution is -2.61. The second-order valence-corrected chi connectivity index (χ2v) is 34.7. The molecule has 3 aromatic carbocycles. The number of aromatic amines is 3. The number of nitrogens with two attached hydrogens (primary N) is 3. The number of thioether (sulfide) groups is 1. The molecule has 1 unspecified atom stereocenters. The SMILES string of the molecule is CCCC[C@@H](C(=O)N(C)[C@@H](CCCC)C(=O)N[C@@H](CCCNC(=N)N)C(=O)N[C@@H](CSCC(=O)N[C@@H](Cc1ccccc1)C(=O)N(C)[C@@H](C)C(=O)N[C@@H](CC(N)=O)C(=O)N1CCCC1C=O)C(=O)NCC(N)=O)N(C)C(=O)[C@H](Cc1c[nH]c2ccccc12)NC(=O)[C@H](CO)NC(=O)[C@H](Cc1c[nH]c2ccccc12)NC(=O)CN(C)C(=O)[C@H](CC(C)C)NC(=O)[C@H](Cc1cnc[nH]1)NC. The van der Waals surface area contributed by atoms with Crippen molar-refractivity contribution in [3.05, 3.63) is 126 Å². The molecule has 6 aromatic rings. The van der Waals surface area contributed by atoms with E-state index in [0.717, 1.165) is 31.4 Å². The molecule has 1 aliphatic heterocycles. The van der Waals surface area contributed by atoms with Gasteiger partial charge in [-0.05, 0) is 93.7 Å². The maximum Gasteiger partial charge on any atom is 0.246 e. The smallest absolute Gasteiger partial charge is 0.246 e. The number of likely N-dealkylation sites (tertiary alicyclic amines) is 1. The fourth-order valence-corrected chi connectivity index (χ4v) is 16.4. The topological polar surface area (TPSA) is 621 Å². The van der Waals surface area contributed by atoms with Gasteiger partial charge in [0.25, 0.3) is 0 Å². The van der Waals surface area contributed by atoms with Crippen molar-refractivity contribution in [2.75, 3.05) is 79.5 Å². The number of imidazole rings is 1. The molecule has 16 amide bonds. The fourth-order valence-electron chi connectivity index (χ4n) is 15.5. The van der Waals surface area contributed by atoms with Crippen LogP contribution in [0.15, 0.2) is 104 Å². The summed E-state index contributed by atoms with van der Waals surface area (Å²) in [4.78, 5) is 259. The van der Waals surface area contributed by atoms with Gasteiger partial charge < -0.3 is 125 Å². The Hall–Kier alpha value is -13.3. The third kappa shape index (κ3) is 32.3. The molecule has 1 aliphatic rings. The number of aliphatic hydroxyl groups excluding tert-OH is 1. The Morgan fingerprint density at radius 1 is 0.556 bits per heavy atom. The van der Waals surface area contributed by atoms with E-state index < -0.39 is 217 Å². The number of aldehydes is 1. The van der Waals surface area contributed by atoms with Crippen LogP contribution in [0.3, 0.4) is 0 Å². The number of benzene rings is 3. The van der Waals surface area contributed by atoms with E-state index >= 15 is 14.4 Å². The molecule has 1 fully saturated rings. The van der Waals surface area contributed by atoms with Gasteiger partial charge in [0.2, 0.25) is 94.5 Å². The minimum absolute atomic E-state index is 0.00212. The number of likely N-dealkylation sites (N-methyl/N-ethyl adjacent to an activating group) is 5. The quantitative estimate of drug-likeness (QED) is 0.00863. The van der Waals surface area contributed by atoms with Gasteiger partial charge in [-0.2, -0.15) is 0 Å². The highest BCUT2D eigenvalue weighted by Crippen LogP contribution is 2.26. The number of H-pyrrole nitrogens is 3. The summed E-state index contributed by atoms with van der Waals surface area (Å²) in [6.07, 6.45) is 8.65. The molecule has 724 valence electrons. The van der Waals surface area contributed by atoms with Gasteiger partial charge in [-0.15, -0.1) is 11.8 Å². The first-order valence-corrected chi connectivity index (χ1v) is 45.7. The van der Waals surface area contributed by atoms with E-state index in [4.69, 9.17) is 22.6 Å². The van der Waals surface area contributed by atoms with Crippen LogP contribution in [0.4, 0.5) is 0 Å². The van der Waals surface area contributed by atoms with Crippen LogP contribution in [0.5, 0.6) is 0 Å². The van der Waals surface area contributed by atoms with Crippen molar-refractivity contribution in [1.82, 2.24) is 103 Å². The molecule has 0 bridgehead atoms. The Labute approximate surface area is 776 Å². The molecule has 4 heterocycles. The second-order valence-electron chi connectivity index (χ2n) is 33.6. The Kier molecular flexibility index (Phi) is 42.7. The van der Waals surface area contributed by atoms with Crippen LogP contribution in [-0.4, -0.2) is 314 Å². The van der Waals surface area contributed by atoms with Gasteiger partial charge in [0.05, 0.1) is 50.3 Å². The highest BCUT2D eigenvalue weighted by Gasteiger charge is 2.42. The monoisotopic (exact) mass is 1870 g/mol. The zero-order valence-corrected chi connectivity index (χ0v) is 77.8. The van der Waals surface area contributed by atoms with Crippen LogP contribution in [0.1, 0.15) is 134 Å². The van der Waals surface area contributed by atoms with Crippen molar-refractivity contribution in [1.29, 1.82) is 5.41 Å². The first-order chi connectivity index (χ1) is 63.4. The van der Waals surface area contributed by atoms with E-state index in [1.165, 1.54) is 46.3 Å². The number of fused-ring (bicyclic) bond motifs is 2. The second kappa shape index (κ2) is 53.3. The van der Waals surface area contributed by atoms with Gasteiger partial charge in [-0.3, -0.25) is 82.1 Å². The molecule has 133 heavy (non-hydrogen) atoms. The lowest BCUT2D eigenvalue weighted by atomic mass is 10.00. The number of primary amides is 2. The first-order valence-electron chi connectivity index (χ1n) is 44.5. The molecular formula is C90H130N24O18S. The predicted octanol–water partition coefficient (Wildman–Crippen LogP) is -1.85.